The van der Waals surface area contributed by atoms with Crippen molar-refractivity contribution in [3.05, 3.63) is 35.9 Å². The molecule has 9 heteroatoms. The van der Waals surface area contributed by atoms with Crippen LogP contribution >= 0.6 is 0 Å². The first-order valence-electron chi connectivity index (χ1n) is 9.01. The Morgan fingerprint density at radius 2 is 1.57 bits per heavy atom. The van der Waals surface area contributed by atoms with Crippen LogP contribution < -0.4 is 22.1 Å². The van der Waals surface area contributed by atoms with Crippen LogP contribution in [0.3, 0.4) is 0 Å². The molecule has 1 aromatic rings. The number of amides is 3. The van der Waals surface area contributed by atoms with Gasteiger partial charge in [0.15, 0.2) is 0 Å². The van der Waals surface area contributed by atoms with Gasteiger partial charge in [-0.15, -0.1) is 0 Å². The summed E-state index contributed by atoms with van der Waals surface area (Å²) >= 11 is 0. The zero-order valence-electron chi connectivity index (χ0n) is 16.1. The SMILES string of the molecule is CC(C)CC(NC(=O)C(Cc1ccccc1)NC(=O)C(N)CC(N)=O)C(=O)O. The van der Waals surface area contributed by atoms with Gasteiger partial charge in [-0.1, -0.05) is 44.2 Å². The van der Waals surface area contributed by atoms with Crippen molar-refractivity contribution in [2.75, 3.05) is 0 Å². The number of nitrogens with two attached hydrogens (primary N) is 2. The first kappa shape index (κ1) is 23.1. The van der Waals surface area contributed by atoms with Crippen molar-refractivity contribution in [2.45, 2.75) is 51.2 Å². The molecule has 3 amide bonds. The molecule has 0 aromatic heterocycles. The van der Waals surface area contributed by atoms with E-state index in [-0.39, 0.29) is 25.2 Å². The van der Waals surface area contributed by atoms with Gasteiger partial charge in [-0.3, -0.25) is 14.4 Å². The van der Waals surface area contributed by atoms with Gasteiger partial charge in [0.05, 0.1) is 12.5 Å². The van der Waals surface area contributed by atoms with E-state index in [2.05, 4.69) is 10.6 Å². The van der Waals surface area contributed by atoms with Crippen molar-refractivity contribution >= 4 is 23.7 Å². The van der Waals surface area contributed by atoms with Crippen molar-refractivity contribution < 1.29 is 24.3 Å². The molecule has 154 valence electrons. The molecule has 0 aliphatic heterocycles. The highest BCUT2D eigenvalue weighted by atomic mass is 16.4. The Labute approximate surface area is 163 Å². The van der Waals surface area contributed by atoms with Crippen molar-refractivity contribution in [1.82, 2.24) is 10.6 Å². The Bertz CT molecular complexity index is 693. The number of carbonyl (C=O) groups excluding carboxylic acids is 3. The zero-order chi connectivity index (χ0) is 21.3. The Kier molecular flexibility index (Phi) is 9.10. The van der Waals surface area contributed by atoms with Gasteiger partial charge in [-0.25, -0.2) is 4.79 Å². The molecular weight excluding hydrogens is 364 g/mol. The zero-order valence-corrected chi connectivity index (χ0v) is 16.1. The second-order valence-corrected chi connectivity index (χ2v) is 7.06. The van der Waals surface area contributed by atoms with Crippen molar-refractivity contribution in [1.29, 1.82) is 0 Å². The summed E-state index contributed by atoms with van der Waals surface area (Å²) in [7, 11) is 0. The number of benzene rings is 1. The number of rotatable bonds is 11. The third-order valence-corrected chi connectivity index (χ3v) is 4.00. The summed E-state index contributed by atoms with van der Waals surface area (Å²) in [5.41, 5.74) is 11.4. The molecule has 3 atom stereocenters. The third-order valence-electron chi connectivity index (χ3n) is 4.00. The van der Waals surface area contributed by atoms with E-state index in [1.165, 1.54) is 0 Å². The van der Waals surface area contributed by atoms with Crippen LogP contribution in [0.25, 0.3) is 0 Å². The van der Waals surface area contributed by atoms with E-state index in [1.807, 2.05) is 19.9 Å². The average Bonchev–Trinajstić information content (AvgIpc) is 2.60. The van der Waals surface area contributed by atoms with E-state index in [1.54, 1.807) is 24.3 Å². The fourth-order valence-corrected chi connectivity index (χ4v) is 2.61. The fraction of sp³-hybridized carbons (Fsp3) is 0.474. The second-order valence-electron chi connectivity index (χ2n) is 7.06. The number of carboxylic acid groups (broad SMARTS) is 1. The van der Waals surface area contributed by atoms with Crippen molar-refractivity contribution in [2.24, 2.45) is 17.4 Å². The van der Waals surface area contributed by atoms with Crippen LogP contribution in [0.15, 0.2) is 30.3 Å². The standard InChI is InChI=1S/C19H28N4O5/c1-11(2)8-15(19(27)28)23-18(26)14(9-12-6-4-3-5-7-12)22-17(25)13(20)10-16(21)24/h3-7,11,13-15H,8-10,20H2,1-2H3,(H2,21,24)(H,22,25)(H,23,26)(H,27,28). The van der Waals surface area contributed by atoms with E-state index in [0.29, 0.717) is 0 Å². The molecular formula is C19H28N4O5. The van der Waals surface area contributed by atoms with Gasteiger partial charge in [0.2, 0.25) is 17.7 Å². The minimum absolute atomic E-state index is 0.0487. The molecule has 0 radical (unpaired) electrons. The van der Waals surface area contributed by atoms with Crippen LogP contribution in [0.4, 0.5) is 0 Å². The average molecular weight is 392 g/mol. The Morgan fingerprint density at radius 1 is 1.00 bits per heavy atom. The number of carboxylic acids is 1. The highest BCUT2D eigenvalue weighted by molar-refractivity contribution is 5.93. The van der Waals surface area contributed by atoms with Crippen LogP contribution in [0.5, 0.6) is 0 Å². The molecule has 0 saturated carbocycles. The van der Waals surface area contributed by atoms with Crippen LogP contribution in [0.2, 0.25) is 0 Å². The monoisotopic (exact) mass is 392 g/mol. The van der Waals surface area contributed by atoms with Gasteiger partial charge in [0, 0.05) is 6.42 Å². The van der Waals surface area contributed by atoms with Crippen molar-refractivity contribution in [3.63, 3.8) is 0 Å². The molecule has 0 aliphatic carbocycles. The molecule has 9 nitrogen and oxygen atoms in total. The van der Waals surface area contributed by atoms with Gasteiger partial charge < -0.3 is 27.2 Å². The Hall–Kier alpha value is -2.94. The summed E-state index contributed by atoms with van der Waals surface area (Å²) < 4.78 is 0. The summed E-state index contributed by atoms with van der Waals surface area (Å²) in [5.74, 6) is -3.21. The first-order valence-corrected chi connectivity index (χ1v) is 9.01. The maximum absolute atomic E-state index is 12.7. The molecule has 0 spiro atoms. The number of nitrogens with one attached hydrogen (secondary N) is 2. The highest BCUT2D eigenvalue weighted by Gasteiger charge is 2.28. The van der Waals surface area contributed by atoms with Crippen molar-refractivity contribution in [3.8, 4) is 0 Å². The topological polar surface area (TPSA) is 165 Å². The molecule has 0 saturated heterocycles. The second kappa shape index (κ2) is 11.0. The summed E-state index contributed by atoms with van der Waals surface area (Å²) in [4.78, 5) is 47.3. The van der Waals surface area contributed by atoms with Gasteiger partial charge >= 0.3 is 5.97 Å². The molecule has 0 fully saturated rings. The summed E-state index contributed by atoms with van der Waals surface area (Å²) in [6, 6.07) is 5.59. The number of carbonyl (C=O) groups is 4. The number of aliphatic carboxylic acids is 1. The molecule has 28 heavy (non-hydrogen) atoms. The summed E-state index contributed by atoms with van der Waals surface area (Å²) in [6.07, 6.45) is 0.0145. The summed E-state index contributed by atoms with van der Waals surface area (Å²) in [6.45, 7) is 3.68. The molecule has 7 N–H and O–H groups in total. The van der Waals surface area contributed by atoms with Crippen LogP contribution in [0.1, 0.15) is 32.3 Å². The Balaban J connectivity index is 2.95. The molecule has 1 rings (SSSR count). The quantitative estimate of drug-likeness (QED) is 0.342. The van der Waals surface area contributed by atoms with E-state index in [0.717, 1.165) is 5.56 Å². The lowest BCUT2D eigenvalue weighted by Crippen LogP contribution is -2.55. The minimum Gasteiger partial charge on any atom is -0.480 e. The predicted octanol–water partition coefficient (Wildman–Crippen LogP) is -0.468. The van der Waals surface area contributed by atoms with Crippen LogP contribution in [-0.2, 0) is 25.6 Å². The van der Waals surface area contributed by atoms with Gasteiger partial charge in [-0.05, 0) is 17.9 Å². The molecule has 3 unspecified atom stereocenters. The number of primary amides is 1. The number of hydrogen-bond acceptors (Lipinski definition) is 5. The largest absolute Gasteiger partial charge is 0.480 e. The fourth-order valence-electron chi connectivity index (χ4n) is 2.61. The first-order chi connectivity index (χ1) is 13.1. The lowest BCUT2D eigenvalue weighted by Gasteiger charge is -2.23. The lowest BCUT2D eigenvalue weighted by molar-refractivity contribution is -0.142. The smallest absolute Gasteiger partial charge is 0.326 e. The minimum atomic E-state index is -1.20. The lowest BCUT2D eigenvalue weighted by atomic mass is 10.0. The summed E-state index contributed by atoms with van der Waals surface area (Å²) in [5, 5.41) is 14.3. The number of hydrogen-bond donors (Lipinski definition) is 5. The third kappa shape index (κ3) is 8.17. The predicted molar refractivity (Wildman–Crippen MR) is 103 cm³/mol. The molecule has 1 aromatic carbocycles. The maximum atomic E-state index is 12.7. The Morgan fingerprint density at radius 3 is 2.07 bits per heavy atom. The maximum Gasteiger partial charge on any atom is 0.326 e. The highest BCUT2D eigenvalue weighted by Crippen LogP contribution is 2.08. The van der Waals surface area contributed by atoms with Crippen LogP contribution in [0, 0.1) is 5.92 Å². The molecule has 0 aliphatic rings. The van der Waals surface area contributed by atoms with E-state index >= 15 is 0 Å². The normalized spacial score (nSPS) is 14.0. The van der Waals surface area contributed by atoms with Gasteiger partial charge in [-0.2, -0.15) is 0 Å². The molecule has 0 bridgehead atoms. The van der Waals surface area contributed by atoms with Crippen LogP contribution in [-0.4, -0.2) is 46.9 Å². The van der Waals surface area contributed by atoms with E-state index < -0.39 is 41.8 Å². The molecule has 0 heterocycles. The van der Waals surface area contributed by atoms with Gasteiger partial charge in [0.1, 0.15) is 12.1 Å². The van der Waals surface area contributed by atoms with E-state index in [4.69, 9.17) is 11.5 Å². The van der Waals surface area contributed by atoms with E-state index in [9.17, 15) is 24.3 Å². The van der Waals surface area contributed by atoms with Gasteiger partial charge in [0.25, 0.3) is 0 Å².